The molecule has 2 aromatic heterocycles. The number of hydrogen-bond donors (Lipinski definition) is 0. The van der Waals surface area contributed by atoms with Crippen LogP contribution in [-0.4, -0.2) is 31.3 Å². The third-order valence-corrected chi connectivity index (χ3v) is 4.98. The Morgan fingerprint density at radius 2 is 1.87 bits per heavy atom. The number of aryl methyl sites for hydroxylation is 4. The molecule has 0 N–H and O–H groups in total. The summed E-state index contributed by atoms with van der Waals surface area (Å²) in [6.45, 7) is 6.07. The first-order valence-electron chi connectivity index (χ1n) is 7.34. The summed E-state index contributed by atoms with van der Waals surface area (Å²) >= 11 is 1.43. The third kappa shape index (κ3) is 2.99. The Balaban J connectivity index is 1.82. The van der Waals surface area contributed by atoms with E-state index in [0.717, 1.165) is 32.7 Å². The second-order valence-corrected chi connectivity index (χ2v) is 6.61. The first kappa shape index (κ1) is 15.7. The van der Waals surface area contributed by atoms with Crippen LogP contribution in [-0.2, 0) is 7.05 Å². The molecular weight excluding hydrogens is 308 g/mol. The summed E-state index contributed by atoms with van der Waals surface area (Å²) in [5, 5.41) is 5.86. The van der Waals surface area contributed by atoms with Crippen LogP contribution in [0.25, 0.3) is 11.0 Å². The molecule has 3 aromatic rings. The molecule has 0 bridgehead atoms. The van der Waals surface area contributed by atoms with Crippen LogP contribution in [0.5, 0.6) is 0 Å². The van der Waals surface area contributed by atoms with Gasteiger partial charge in [0.05, 0.1) is 17.3 Å². The highest BCUT2D eigenvalue weighted by Crippen LogP contribution is 2.25. The van der Waals surface area contributed by atoms with Crippen LogP contribution >= 0.6 is 11.8 Å². The molecule has 1 aromatic carbocycles. The van der Waals surface area contributed by atoms with Crippen LogP contribution in [0.1, 0.15) is 27.0 Å². The van der Waals surface area contributed by atoms with Crippen LogP contribution in [0.15, 0.2) is 29.7 Å². The Kier molecular flexibility index (Phi) is 4.17. The van der Waals surface area contributed by atoms with Crippen LogP contribution in [0.2, 0.25) is 0 Å². The number of fused-ring (bicyclic) bond motifs is 1. The van der Waals surface area contributed by atoms with Gasteiger partial charge in [-0.15, -0.1) is 0 Å². The molecule has 0 spiro atoms. The largest absolute Gasteiger partial charge is 0.293 e. The maximum Gasteiger partial charge on any atom is 0.173 e. The average Bonchev–Trinajstić information content (AvgIpc) is 2.90. The van der Waals surface area contributed by atoms with Gasteiger partial charge in [0.25, 0.3) is 0 Å². The molecule has 0 unspecified atom stereocenters. The van der Waals surface area contributed by atoms with Crippen molar-refractivity contribution in [3.63, 3.8) is 0 Å². The molecule has 0 amide bonds. The van der Waals surface area contributed by atoms with Gasteiger partial charge >= 0.3 is 0 Å². The topological polar surface area (TPSA) is 60.7 Å². The van der Waals surface area contributed by atoms with Crippen LogP contribution in [0.3, 0.4) is 0 Å². The van der Waals surface area contributed by atoms with Crippen molar-refractivity contribution >= 4 is 28.6 Å². The van der Waals surface area contributed by atoms with Crippen LogP contribution in [0, 0.1) is 20.8 Å². The lowest BCUT2D eigenvalue weighted by Gasteiger charge is -2.09. The van der Waals surface area contributed by atoms with Gasteiger partial charge in [-0.3, -0.25) is 9.48 Å². The lowest BCUT2D eigenvalue weighted by Crippen LogP contribution is -2.06. The summed E-state index contributed by atoms with van der Waals surface area (Å²) in [5.41, 5.74) is 4.93. The molecule has 23 heavy (non-hydrogen) atoms. The quantitative estimate of drug-likeness (QED) is 0.418. The lowest BCUT2D eigenvalue weighted by molar-refractivity contribution is 0.102. The van der Waals surface area contributed by atoms with E-state index < -0.39 is 0 Å². The standard InChI is InChI=1S/C17H18N4OS/c1-10-5-12(3)13(6-11(10)2)15(22)8-23-17-14-7-20-21(4)16(14)18-9-19-17/h5-7,9H,8H2,1-4H3. The molecule has 0 saturated carbocycles. The fourth-order valence-electron chi connectivity index (χ4n) is 2.53. The Labute approximate surface area is 139 Å². The fraction of sp³-hybridized carbons (Fsp3) is 0.294. The van der Waals surface area contributed by atoms with Crippen molar-refractivity contribution in [3.8, 4) is 0 Å². The second kappa shape index (κ2) is 6.12. The minimum atomic E-state index is 0.117. The van der Waals surface area contributed by atoms with E-state index in [1.165, 1.54) is 23.7 Å². The number of nitrogens with zero attached hydrogens (tertiary/aromatic N) is 4. The number of carbonyl (C=O) groups is 1. The molecular formula is C17H18N4OS. The van der Waals surface area contributed by atoms with Gasteiger partial charge in [0.2, 0.25) is 0 Å². The van der Waals surface area contributed by atoms with E-state index in [1.54, 1.807) is 10.9 Å². The first-order valence-corrected chi connectivity index (χ1v) is 8.32. The van der Waals surface area contributed by atoms with Crippen molar-refractivity contribution in [1.82, 2.24) is 19.7 Å². The number of aromatic nitrogens is 4. The van der Waals surface area contributed by atoms with Gasteiger partial charge in [-0.1, -0.05) is 17.8 Å². The van der Waals surface area contributed by atoms with Gasteiger partial charge < -0.3 is 0 Å². The predicted molar refractivity (Wildman–Crippen MR) is 92.0 cm³/mol. The zero-order valence-electron chi connectivity index (χ0n) is 13.6. The maximum atomic E-state index is 12.6. The highest BCUT2D eigenvalue weighted by atomic mass is 32.2. The number of carbonyl (C=O) groups excluding carboxylic acids is 1. The summed E-state index contributed by atoms with van der Waals surface area (Å²) in [4.78, 5) is 21.1. The third-order valence-electron chi connectivity index (χ3n) is 3.97. The van der Waals surface area contributed by atoms with E-state index in [1.807, 2.05) is 27.0 Å². The Morgan fingerprint density at radius 3 is 2.65 bits per heavy atom. The maximum absolute atomic E-state index is 12.6. The van der Waals surface area contributed by atoms with Crippen LogP contribution in [0.4, 0.5) is 0 Å². The Hall–Kier alpha value is -2.21. The monoisotopic (exact) mass is 326 g/mol. The summed E-state index contributed by atoms with van der Waals surface area (Å²) in [5.74, 6) is 0.468. The second-order valence-electron chi connectivity index (χ2n) is 5.65. The smallest absolute Gasteiger partial charge is 0.173 e. The molecule has 0 radical (unpaired) electrons. The summed E-state index contributed by atoms with van der Waals surface area (Å²) in [7, 11) is 1.84. The number of ketones is 1. The van der Waals surface area contributed by atoms with Gasteiger partial charge in [-0.2, -0.15) is 5.10 Å². The van der Waals surface area contributed by atoms with Gasteiger partial charge in [0.1, 0.15) is 11.4 Å². The highest BCUT2D eigenvalue weighted by Gasteiger charge is 2.14. The van der Waals surface area contributed by atoms with E-state index in [-0.39, 0.29) is 5.78 Å². The molecule has 118 valence electrons. The predicted octanol–water partition coefficient (Wildman–Crippen LogP) is 3.26. The Bertz CT molecular complexity index is 901. The highest BCUT2D eigenvalue weighted by molar-refractivity contribution is 8.00. The number of hydrogen-bond acceptors (Lipinski definition) is 5. The zero-order chi connectivity index (χ0) is 16.6. The van der Waals surface area contributed by atoms with Gasteiger partial charge in [-0.25, -0.2) is 9.97 Å². The van der Waals surface area contributed by atoms with E-state index >= 15 is 0 Å². The average molecular weight is 326 g/mol. The van der Waals surface area contributed by atoms with E-state index in [4.69, 9.17) is 0 Å². The van der Waals surface area contributed by atoms with Gasteiger partial charge in [0.15, 0.2) is 11.4 Å². The normalized spacial score (nSPS) is 11.1. The van der Waals surface area contributed by atoms with Gasteiger partial charge in [-0.05, 0) is 43.5 Å². The van der Waals surface area contributed by atoms with Crippen molar-refractivity contribution in [3.05, 3.63) is 46.9 Å². The van der Waals surface area contributed by atoms with E-state index in [0.29, 0.717) is 5.75 Å². The van der Waals surface area contributed by atoms with E-state index in [2.05, 4.69) is 28.1 Å². The van der Waals surface area contributed by atoms with Crippen LogP contribution < -0.4 is 0 Å². The van der Waals surface area contributed by atoms with E-state index in [9.17, 15) is 4.79 Å². The summed E-state index contributed by atoms with van der Waals surface area (Å²) in [6, 6.07) is 4.05. The lowest BCUT2D eigenvalue weighted by atomic mass is 9.99. The molecule has 0 aliphatic carbocycles. The number of Topliss-reactive ketones (excluding diaryl/α,β-unsaturated/α-hetero) is 1. The SMILES string of the molecule is Cc1cc(C)c(C(=O)CSc2ncnc3c2cnn3C)cc1C. The molecule has 0 atom stereocenters. The number of rotatable bonds is 4. The van der Waals surface area contributed by atoms with Crippen molar-refractivity contribution in [2.24, 2.45) is 7.05 Å². The molecule has 0 saturated heterocycles. The molecule has 3 rings (SSSR count). The van der Waals surface area contributed by atoms with Crippen molar-refractivity contribution < 1.29 is 4.79 Å². The number of benzene rings is 1. The molecule has 0 aliphatic heterocycles. The first-order chi connectivity index (χ1) is 11.0. The zero-order valence-corrected chi connectivity index (χ0v) is 14.4. The fourth-order valence-corrected chi connectivity index (χ4v) is 3.37. The molecule has 0 aliphatic rings. The van der Waals surface area contributed by atoms with Gasteiger partial charge in [0, 0.05) is 12.6 Å². The summed E-state index contributed by atoms with van der Waals surface area (Å²) in [6.07, 6.45) is 3.25. The number of thioether (sulfide) groups is 1. The molecule has 0 fully saturated rings. The minimum absolute atomic E-state index is 0.117. The molecule has 2 heterocycles. The molecule has 6 heteroatoms. The van der Waals surface area contributed by atoms with Crippen molar-refractivity contribution in [2.75, 3.05) is 5.75 Å². The molecule has 5 nitrogen and oxygen atoms in total. The van der Waals surface area contributed by atoms with Crippen molar-refractivity contribution in [2.45, 2.75) is 25.8 Å². The van der Waals surface area contributed by atoms with Crippen molar-refractivity contribution in [1.29, 1.82) is 0 Å². The Morgan fingerprint density at radius 1 is 1.13 bits per heavy atom. The summed E-state index contributed by atoms with van der Waals surface area (Å²) < 4.78 is 1.70. The minimum Gasteiger partial charge on any atom is -0.293 e.